The van der Waals surface area contributed by atoms with Crippen molar-refractivity contribution in [3.63, 3.8) is 0 Å². The van der Waals surface area contributed by atoms with Crippen molar-refractivity contribution in [2.75, 3.05) is 12.1 Å². The van der Waals surface area contributed by atoms with Crippen LogP contribution < -0.4 is 25.2 Å². The van der Waals surface area contributed by atoms with E-state index < -0.39 is 41.2 Å². The fourth-order valence-corrected chi connectivity index (χ4v) is 6.12. The molecule has 0 bridgehead atoms. The SMILES string of the molecule is Cc1cccc2c1NC(=O)[C@]21[NH2+][C@H](CCC(=O)[O-])[C@H]2C(=O)N(Cc3ccc4c(c3)OCO4)C(=O)[C@H]21. The number of carboxylic acids is 1. The number of para-hydroxylation sites is 1. The first kappa shape index (κ1) is 21.6. The minimum Gasteiger partial charge on any atom is -0.550 e. The van der Waals surface area contributed by atoms with E-state index in [0.29, 0.717) is 28.3 Å². The van der Waals surface area contributed by atoms with E-state index in [4.69, 9.17) is 9.47 Å². The van der Waals surface area contributed by atoms with Gasteiger partial charge in [-0.15, -0.1) is 0 Å². The molecule has 6 rings (SSSR count). The van der Waals surface area contributed by atoms with Gasteiger partial charge in [-0.05, 0) is 36.6 Å². The number of anilines is 1. The van der Waals surface area contributed by atoms with E-state index in [9.17, 15) is 24.3 Å². The minimum absolute atomic E-state index is 0.0207. The first-order chi connectivity index (χ1) is 16.8. The zero-order valence-corrected chi connectivity index (χ0v) is 18.9. The second-order valence-corrected chi connectivity index (χ2v) is 9.52. The Labute approximate surface area is 200 Å². The number of nitrogens with one attached hydrogen (secondary N) is 1. The summed E-state index contributed by atoms with van der Waals surface area (Å²) in [6, 6.07) is 10.1. The number of carbonyl (C=O) groups excluding carboxylic acids is 4. The minimum atomic E-state index is -1.33. The van der Waals surface area contributed by atoms with Crippen LogP contribution in [0.3, 0.4) is 0 Å². The van der Waals surface area contributed by atoms with Crippen molar-refractivity contribution in [3.8, 4) is 11.5 Å². The third kappa shape index (κ3) is 2.99. The van der Waals surface area contributed by atoms with E-state index in [1.807, 2.05) is 19.1 Å². The highest BCUT2D eigenvalue weighted by Crippen LogP contribution is 2.50. The molecule has 2 aromatic carbocycles. The summed E-state index contributed by atoms with van der Waals surface area (Å²) in [6.07, 6.45) is -0.164. The predicted octanol–water partition coefficient (Wildman–Crippen LogP) is -0.852. The van der Waals surface area contributed by atoms with Crippen LogP contribution in [0.2, 0.25) is 0 Å². The van der Waals surface area contributed by atoms with Gasteiger partial charge in [0.25, 0.3) is 5.91 Å². The second kappa shape index (κ2) is 7.54. The van der Waals surface area contributed by atoms with E-state index in [0.717, 1.165) is 5.56 Å². The van der Waals surface area contributed by atoms with Gasteiger partial charge in [-0.3, -0.25) is 19.3 Å². The van der Waals surface area contributed by atoms with Gasteiger partial charge in [0.05, 0.1) is 12.2 Å². The number of amides is 3. The van der Waals surface area contributed by atoms with Gasteiger partial charge in [0.2, 0.25) is 24.1 Å². The number of quaternary nitrogens is 1. The number of imide groups is 1. The topological polar surface area (TPSA) is 142 Å². The number of hydrogen-bond donors (Lipinski definition) is 2. The smallest absolute Gasteiger partial charge is 0.291 e. The molecule has 0 saturated carbocycles. The number of hydrogen-bond acceptors (Lipinski definition) is 7. The van der Waals surface area contributed by atoms with Crippen molar-refractivity contribution < 1.29 is 39.1 Å². The molecule has 180 valence electrons. The van der Waals surface area contributed by atoms with Gasteiger partial charge in [0, 0.05) is 18.0 Å². The van der Waals surface area contributed by atoms with Crippen LogP contribution in [0.15, 0.2) is 36.4 Å². The Morgan fingerprint density at radius 1 is 1.17 bits per heavy atom. The van der Waals surface area contributed by atoms with E-state index in [1.54, 1.807) is 29.6 Å². The number of ether oxygens (including phenoxy) is 2. The average Bonchev–Trinajstić information content (AvgIpc) is 3.55. The lowest BCUT2D eigenvalue weighted by atomic mass is 9.76. The van der Waals surface area contributed by atoms with Gasteiger partial charge in [0.15, 0.2) is 11.5 Å². The number of carboxylic acid groups (broad SMARTS) is 1. The molecule has 0 radical (unpaired) electrons. The number of carbonyl (C=O) groups is 4. The third-order valence-electron chi connectivity index (χ3n) is 7.66. The van der Waals surface area contributed by atoms with Gasteiger partial charge < -0.3 is 30.0 Å². The number of likely N-dealkylation sites (tertiary alicyclic amines) is 1. The monoisotopic (exact) mass is 477 g/mol. The average molecular weight is 477 g/mol. The summed E-state index contributed by atoms with van der Waals surface area (Å²) in [7, 11) is 0. The van der Waals surface area contributed by atoms with E-state index in [-0.39, 0.29) is 32.1 Å². The maximum atomic E-state index is 13.8. The number of aliphatic carboxylic acids is 1. The number of benzene rings is 2. The Hall–Kier alpha value is -3.92. The van der Waals surface area contributed by atoms with Gasteiger partial charge in [-0.1, -0.05) is 24.3 Å². The molecule has 10 heteroatoms. The zero-order valence-electron chi connectivity index (χ0n) is 18.9. The molecular weight excluding hydrogens is 454 g/mol. The Balaban J connectivity index is 1.40. The van der Waals surface area contributed by atoms with Crippen molar-refractivity contribution >= 4 is 29.4 Å². The Kier molecular flexibility index (Phi) is 4.65. The van der Waals surface area contributed by atoms with Crippen LogP contribution in [0.1, 0.15) is 29.5 Å². The Morgan fingerprint density at radius 2 is 1.97 bits per heavy atom. The summed E-state index contributed by atoms with van der Waals surface area (Å²) in [4.78, 5) is 53.4. The van der Waals surface area contributed by atoms with Crippen molar-refractivity contribution in [3.05, 3.63) is 53.1 Å². The van der Waals surface area contributed by atoms with Crippen LogP contribution in [0.5, 0.6) is 11.5 Å². The van der Waals surface area contributed by atoms with Crippen molar-refractivity contribution in [2.45, 2.75) is 37.9 Å². The number of fused-ring (bicyclic) bond motifs is 5. The van der Waals surface area contributed by atoms with E-state index in [1.165, 1.54) is 4.90 Å². The van der Waals surface area contributed by atoms with Gasteiger partial charge in [-0.25, -0.2) is 0 Å². The molecule has 2 aromatic rings. The number of aryl methyl sites for hydroxylation is 1. The molecule has 2 saturated heterocycles. The molecule has 0 unspecified atom stereocenters. The molecule has 2 fully saturated rings. The Morgan fingerprint density at radius 3 is 2.77 bits per heavy atom. The van der Waals surface area contributed by atoms with E-state index in [2.05, 4.69) is 5.32 Å². The van der Waals surface area contributed by atoms with Crippen molar-refractivity contribution in [2.24, 2.45) is 11.8 Å². The Bertz CT molecular complexity index is 1310. The molecule has 4 aliphatic rings. The maximum absolute atomic E-state index is 13.8. The first-order valence-electron chi connectivity index (χ1n) is 11.5. The molecule has 4 atom stereocenters. The standard InChI is InChI=1S/C25H23N3O7/c1-12-3-2-4-14-21(12)26-24(33)25(14)20-19(15(27-25)6-8-18(29)30)22(31)28(23(20)32)10-13-5-7-16-17(9-13)35-11-34-16/h2-5,7,9,15,19-20,27H,6,8,10-11H2,1H3,(H,26,33)(H,29,30)/t15-,19-,20+,25+/m1/s1. The lowest BCUT2D eigenvalue weighted by Crippen LogP contribution is -2.99. The van der Waals surface area contributed by atoms with Crippen LogP contribution in [0, 0.1) is 18.8 Å². The molecule has 4 aliphatic heterocycles. The molecule has 10 nitrogen and oxygen atoms in total. The molecule has 3 amide bonds. The summed E-state index contributed by atoms with van der Waals surface area (Å²) < 4.78 is 10.7. The van der Waals surface area contributed by atoms with E-state index >= 15 is 0 Å². The number of rotatable bonds is 5. The second-order valence-electron chi connectivity index (χ2n) is 9.52. The van der Waals surface area contributed by atoms with Crippen LogP contribution in [0.4, 0.5) is 5.69 Å². The van der Waals surface area contributed by atoms with Crippen molar-refractivity contribution in [1.29, 1.82) is 0 Å². The summed E-state index contributed by atoms with van der Waals surface area (Å²) in [5, 5.41) is 15.9. The van der Waals surface area contributed by atoms with Crippen LogP contribution in [0.25, 0.3) is 0 Å². The quantitative estimate of drug-likeness (QED) is 0.534. The highest BCUT2D eigenvalue weighted by atomic mass is 16.7. The first-order valence-corrected chi connectivity index (χ1v) is 11.5. The fourth-order valence-electron chi connectivity index (χ4n) is 6.12. The van der Waals surface area contributed by atoms with Crippen LogP contribution in [-0.4, -0.2) is 41.4 Å². The summed E-state index contributed by atoms with van der Waals surface area (Å²) >= 11 is 0. The number of nitrogens with two attached hydrogens (primary N) is 1. The fraction of sp³-hybridized carbons (Fsp3) is 0.360. The highest BCUT2D eigenvalue weighted by molar-refractivity contribution is 6.14. The predicted molar refractivity (Wildman–Crippen MR) is 117 cm³/mol. The molecule has 4 heterocycles. The number of nitrogens with zero attached hydrogens (tertiary/aromatic N) is 1. The van der Waals surface area contributed by atoms with Crippen molar-refractivity contribution in [1.82, 2.24) is 4.90 Å². The molecule has 35 heavy (non-hydrogen) atoms. The molecular formula is C25H23N3O7. The molecule has 3 N–H and O–H groups in total. The van der Waals surface area contributed by atoms with Gasteiger partial charge in [-0.2, -0.15) is 0 Å². The normalized spacial score (nSPS) is 28.0. The summed E-state index contributed by atoms with van der Waals surface area (Å²) in [5.41, 5.74) is 1.50. The van der Waals surface area contributed by atoms with Crippen LogP contribution in [-0.2, 0) is 31.3 Å². The van der Waals surface area contributed by atoms with Gasteiger partial charge >= 0.3 is 0 Å². The summed E-state index contributed by atoms with van der Waals surface area (Å²) in [5.74, 6) is -3.08. The van der Waals surface area contributed by atoms with Gasteiger partial charge in [0.1, 0.15) is 17.9 Å². The molecule has 1 spiro atoms. The largest absolute Gasteiger partial charge is 0.550 e. The molecule has 0 aliphatic carbocycles. The lowest BCUT2D eigenvalue weighted by Gasteiger charge is -2.26. The van der Waals surface area contributed by atoms with Crippen LogP contribution >= 0.6 is 0 Å². The summed E-state index contributed by atoms with van der Waals surface area (Å²) in [6.45, 7) is 2.00. The molecule has 0 aromatic heterocycles. The third-order valence-corrected chi connectivity index (χ3v) is 7.66. The maximum Gasteiger partial charge on any atom is 0.291 e. The lowest BCUT2D eigenvalue weighted by molar-refractivity contribution is -0.734. The zero-order chi connectivity index (χ0) is 24.5. The highest BCUT2D eigenvalue weighted by Gasteiger charge is 2.74.